The van der Waals surface area contributed by atoms with Crippen LogP contribution in [0.15, 0.2) is 40.3 Å². The molecule has 0 unspecified atom stereocenters. The van der Waals surface area contributed by atoms with Gasteiger partial charge in [0.1, 0.15) is 0 Å². The summed E-state index contributed by atoms with van der Waals surface area (Å²) in [5, 5.41) is 4.45. The van der Waals surface area contributed by atoms with Gasteiger partial charge < -0.3 is 5.32 Å². The molecule has 3 nitrogen and oxygen atoms in total. The number of rotatable bonds is 1. The first kappa shape index (κ1) is 10.2. The SMILES string of the molecule is CC(C)C1=CS(=O)(=O)c2ccccc2N1. The largest absolute Gasteiger partial charge is 0.357 e. The number of allylic oxidation sites excluding steroid dienone is 1. The summed E-state index contributed by atoms with van der Waals surface area (Å²) >= 11 is 0. The zero-order valence-corrected chi connectivity index (χ0v) is 9.51. The number of benzene rings is 1. The highest BCUT2D eigenvalue weighted by molar-refractivity contribution is 7.94. The lowest BCUT2D eigenvalue weighted by atomic mass is 10.1. The van der Waals surface area contributed by atoms with Gasteiger partial charge in [-0.3, -0.25) is 0 Å². The number of nitrogens with one attached hydrogen (secondary N) is 1. The third-order valence-corrected chi connectivity index (χ3v) is 3.91. The van der Waals surface area contributed by atoms with Crippen LogP contribution in [0.25, 0.3) is 0 Å². The fraction of sp³-hybridized carbons (Fsp3) is 0.273. The van der Waals surface area contributed by atoms with Crippen molar-refractivity contribution in [2.75, 3.05) is 5.32 Å². The number of hydrogen-bond donors (Lipinski definition) is 1. The van der Waals surface area contributed by atoms with Crippen LogP contribution in [0, 0.1) is 5.92 Å². The van der Waals surface area contributed by atoms with Crippen molar-refractivity contribution in [3.63, 3.8) is 0 Å². The molecule has 1 N–H and O–H groups in total. The minimum Gasteiger partial charge on any atom is -0.357 e. The Balaban J connectivity index is 2.60. The van der Waals surface area contributed by atoms with Gasteiger partial charge in [-0.1, -0.05) is 26.0 Å². The molecule has 0 radical (unpaired) electrons. The molecule has 1 aromatic rings. The van der Waals surface area contributed by atoms with Gasteiger partial charge in [0.2, 0.25) is 9.84 Å². The Hall–Kier alpha value is -1.29. The average molecular weight is 223 g/mol. The van der Waals surface area contributed by atoms with Crippen molar-refractivity contribution in [1.29, 1.82) is 0 Å². The molecular formula is C11H13NO2S. The van der Waals surface area contributed by atoms with Crippen LogP contribution in [0.2, 0.25) is 0 Å². The Morgan fingerprint density at radius 2 is 1.87 bits per heavy atom. The van der Waals surface area contributed by atoms with Crippen molar-refractivity contribution in [2.24, 2.45) is 5.92 Å². The van der Waals surface area contributed by atoms with E-state index in [2.05, 4.69) is 5.32 Å². The monoisotopic (exact) mass is 223 g/mol. The molecule has 0 saturated heterocycles. The smallest absolute Gasteiger partial charge is 0.203 e. The second kappa shape index (κ2) is 3.38. The lowest BCUT2D eigenvalue weighted by Crippen LogP contribution is -2.16. The fourth-order valence-corrected chi connectivity index (χ4v) is 3.00. The minimum atomic E-state index is -3.26. The van der Waals surface area contributed by atoms with E-state index in [1.807, 2.05) is 19.9 Å². The first-order valence-corrected chi connectivity index (χ1v) is 6.38. The topological polar surface area (TPSA) is 46.2 Å². The molecule has 1 heterocycles. The molecule has 0 bridgehead atoms. The van der Waals surface area contributed by atoms with Crippen LogP contribution in [0.1, 0.15) is 13.8 Å². The van der Waals surface area contributed by atoms with E-state index >= 15 is 0 Å². The standard InChI is InChI=1S/C11H13NO2S/c1-8(2)10-7-15(13,14)11-6-4-3-5-9(11)12-10/h3-8,12H,1-2H3. The molecule has 0 amide bonds. The van der Waals surface area contributed by atoms with E-state index in [0.29, 0.717) is 10.6 Å². The highest BCUT2D eigenvalue weighted by atomic mass is 32.2. The molecule has 15 heavy (non-hydrogen) atoms. The van der Waals surface area contributed by atoms with Crippen LogP contribution < -0.4 is 5.32 Å². The molecule has 0 spiro atoms. The molecule has 80 valence electrons. The van der Waals surface area contributed by atoms with Crippen LogP contribution in [0.3, 0.4) is 0 Å². The number of hydrogen-bond acceptors (Lipinski definition) is 3. The van der Waals surface area contributed by atoms with Crippen LogP contribution in [-0.4, -0.2) is 8.42 Å². The van der Waals surface area contributed by atoms with Crippen LogP contribution >= 0.6 is 0 Å². The summed E-state index contributed by atoms with van der Waals surface area (Å²) in [5.41, 5.74) is 1.41. The number of sulfone groups is 1. The Kier molecular flexibility index (Phi) is 2.31. The lowest BCUT2D eigenvalue weighted by Gasteiger charge is -2.21. The van der Waals surface area contributed by atoms with Gasteiger partial charge in [-0.05, 0) is 18.1 Å². The maximum Gasteiger partial charge on any atom is 0.203 e. The Morgan fingerprint density at radius 1 is 1.20 bits per heavy atom. The van der Waals surface area contributed by atoms with Gasteiger partial charge in [0.15, 0.2) is 0 Å². The van der Waals surface area contributed by atoms with Crippen molar-refractivity contribution < 1.29 is 8.42 Å². The predicted molar refractivity (Wildman–Crippen MR) is 60.2 cm³/mol. The number of fused-ring (bicyclic) bond motifs is 1. The van der Waals surface area contributed by atoms with Gasteiger partial charge in [-0.25, -0.2) is 8.42 Å². The normalized spacial score (nSPS) is 17.9. The molecule has 0 atom stereocenters. The first-order valence-electron chi connectivity index (χ1n) is 4.83. The molecule has 1 aliphatic rings. The minimum absolute atomic E-state index is 0.174. The average Bonchev–Trinajstić information content (AvgIpc) is 2.16. The van der Waals surface area contributed by atoms with E-state index in [4.69, 9.17) is 0 Å². The summed E-state index contributed by atoms with van der Waals surface area (Å²) in [6.45, 7) is 3.92. The van der Waals surface area contributed by atoms with Crippen molar-refractivity contribution in [3.05, 3.63) is 35.4 Å². The summed E-state index contributed by atoms with van der Waals surface area (Å²) in [7, 11) is -3.26. The molecule has 1 aliphatic heterocycles. The summed E-state index contributed by atoms with van der Waals surface area (Å²) in [6.07, 6.45) is 0. The molecule has 0 aromatic heterocycles. The van der Waals surface area contributed by atoms with Gasteiger partial charge in [-0.15, -0.1) is 0 Å². The van der Waals surface area contributed by atoms with E-state index in [1.165, 1.54) is 5.41 Å². The quantitative estimate of drug-likeness (QED) is 0.795. The van der Waals surface area contributed by atoms with E-state index < -0.39 is 9.84 Å². The van der Waals surface area contributed by atoms with Gasteiger partial charge in [0.05, 0.1) is 16.0 Å². The summed E-state index contributed by atoms with van der Waals surface area (Å²) in [6, 6.07) is 6.95. The zero-order valence-electron chi connectivity index (χ0n) is 8.69. The van der Waals surface area contributed by atoms with E-state index in [-0.39, 0.29) is 5.92 Å². The Morgan fingerprint density at radius 3 is 2.53 bits per heavy atom. The van der Waals surface area contributed by atoms with Gasteiger partial charge in [0, 0.05) is 5.70 Å². The third-order valence-electron chi connectivity index (χ3n) is 2.38. The lowest BCUT2D eigenvalue weighted by molar-refractivity contribution is 0.602. The molecule has 0 saturated carbocycles. The van der Waals surface area contributed by atoms with Crippen molar-refractivity contribution in [2.45, 2.75) is 18.7 Å². The van der Waals surface area contributed by atoms with E-state index in [1.54, 1.807) is 18.2 Å². The van der Waals surface area contributed by atoms with Gasteiger partial charge in [0.25, 0.3) is 0 Å². The van der Waals surface area contributed by atoms with Gasteiger partial charge in [-0.2, -0.15) is 0 Å². The predicted octanol–water partition coefficient (Wildman–Crippen LogP) is 2.38. The molecular weight excluding hydrogens is 210 g/mol. The molecule has 0 aliphatic carbocycles. The second-order valence-corrected chi connectivity index (χ2v) is 5.66. The van der Waals surface area contributed by atoms with Gasteiger partial charge >= 0.3 is 0 Å². The summed E-state index contributed by atoms with van der Waals surface area (Å²) < 4.78 is 23.7. The van der Waals surface area contributed by atoms with Crippen molar-refractivity contribution in [1.82, 2.24) is 0 Å². The van der Waals surface area contributed by atoms with Crippen LogP contribution in [0.4, 0.5) is 5.69 Å². The third kappa shape index (κ3) is 1.77. The van der Waals surface area contributed by atoms with Crippen molar-refractivity contribution in [3.8, 4) is 0 Å². The number of para-hydroxylation sites is 1. The van der Waals surface area contributed by atoms with Crippen LogP contribution in [0.5, 0.6) is 0 Å². The molecule has 1 aromatic carbocycles. The maximum absolute atomic E-state index is 11.9. The molecule has 0 fully saturated rings. The second-order valence-electron chi connectivity index (χ2n) is 3.89. The maximum atomic E-state index is 11.9. The number of anilines is 1. The fourth-order valence-electron chi connectivity index (χ4n) is 1.51. The zero-order chi connectivity index (χ0) is 11.1. The first-order chi connectivity index (χ1) is 7.00. The van der Waals surface area contributed by atoms with E-state index in [0.717, 1.165) is 5.70 Å². The van der Waals surface area contributed by atoms with Crippen molar-refractivity contribution >= 4 is 15.5 Å². The van der Waals surface area contributed by atoms with E-state index in [9.17, 15) is 8.42 Å². The molecule has 4 heteroatoms. The summed E-state index contributed by atoms with van der Waals surface area (Å²) in [4.78, 5) is 0.356. The molecule has 2 rings (SSSR count). The van der Waals surface area contributed by atoms with Crippen LogP contribution in [-0.2, 0) is 9.84 Å². The summed E-state index contributed by atoms with van der Waals surface area (Å²) in [5.74, 6) is 0.174. The Labute approximate surface area is 89.7 Å². The Bertz CT molecular complexity index is 515. The highest BCUT2D eigenvalue weighted by Crippen LogP contribution is 2.31. The highest BCUT2D eigenvalue weighted by Gasteiger charge is 2.23.